The van der Waals surface area contributed by atoms with Crippen molar-refractivity contribution < 1.29 is 4.79 Å². The highest BCUT2D eigenvalue weighted by Gasteiger charge is 2.26. The Morgan fingerprint density at radius 2 is 1.92 bits per heavy atom. The highest BCUT2D eigenvalue weighted by molar-refractivity contribution is 6.30. The van der Waals surface area contributed by atoms with Gasteiger partial charge in [-0.2, -0.15) is 0 Å². The van der Waals surface area contributed by atoms with Crippen molar-refractivity contribution in [3.05, 3.63) is 56.7 Å². The van der Waals surface area contributed by atoms with Gasteiger partial charge >= 0.3 is 0 Å². The van der Waals surface area contributed by atoms with Crippen molar-refractivity contribution in [2.45, 2.75) is 13.8 Å². The van der Waals surface area contributed by atoms with E-state index in [1.165, 1.54) is 0 Å². The molecule has 0 atom stereocenters. The molecule has 1 fully saturated rings. The first-order chi connectivity index (χ1) is 11.5. The first-order valence-electron chi connectivity index (χ1n) is 7.83. The summed E-state index contributed by atoms with van der Waals surface area (Å²) in [4.78, 5) is 35.5. The Hall–Kier alpha value is -2.34. The number of nitrogens with zero attached hydrogens (tertiary/aromatic N) is 3. The lowest BCUT2D eigenvalue weighted by atomic mass is 10.1. The zero-order chi connectivity index (χ0) is 17.3. The molecular formula is C17H19ClN4O2. The van der Waals surface area contributed by atoms with E-state index in [1.807, 2.05) is 24.3 Å². The average molecular weight is 347 g/mol. The van der Waals surface area contributed by atoms with Gasteiger partial charge < -0.3 is 14.8 Å². The molecule has 6 nitrogen and oxygen atoms in total. The van der Waals surface area contributed by atoms with Crippen LogP contribution in [0.3, 0.4) is 0 Å². The highest BCUT2D eigenvalue weighted by Crippen LogP contribution is 2.21. The number of aromatic amines is 1. The summed E-state index contributed by atoms with van der Waals surface area (Å²) >= 11 is 6.03. The molecule has 0 unspecified atom stereocenters. The average Bonchev–Trinajstić information content (AvgIpc) is 2.54. The summed E-state index contributed by atoms with van der Waals surface area (Å²) in [6.45, 7) is 5.89. The molecule has 7 heteroatoms. The van der Waals surface area contributed by atoms with Gasteiger partial charge in [-0.05, 0) is 32.0 Å². The Morgan fingerprint density at radius 1 is 1.21 bits per heavy atom. The second-order valence-corrected chi connectivity index (χ2v) is 6.31. The number of rotatable bonds is 2. The van der Waals surface area contributed by atoms with Gasteiger partial charge in [-0.25, -0.2) is 4.98 Å². The van der Waals surface area contributed by atoms with Crippen molar-refractivity contribution in [3.63, 3.8) is 0 Å². The molecule has 1 aromatic heterocycles. The maximum Gasteiger partial charge on any atom is 0.264 e. The summed E-state index contributed by atoms with van der Waals surface area (Å²) in [6, 6.07) is 7.67. The summed E-state index contributed by atoms with van der Waals surface area (Å²) < 4.78 is 0. The monoisotopic (exact) mass is 346 g/mol. The minimum atomic E-state index is -0.373. The first kappa shape index (κ1) is 16.5. The van der Waals surface area contributed by atoms with Crippen LogP contribution in [-0.4, -0.2) is 47.0 Å². The number of carbonyl (C=O) groups is 1. The van der Waals surface area contributed by atoms with E-state index in [0.29, 0.717) is 42.7 Å². The number of benzene rings is 1. The lowest BCUT2D eigenvalue weighted by Gasteiger charge is -2.36. The molecule has 1 amide bonds. The number of hydrogen-bond acceptors (Lipinski definition) is 4. The zero-order valence-electron chi connectivity index (χ0n) is 13.7. The Bertz CT molecular complexity index is 826. The van der Waals surface area contributed by atoms with E-state index >= 15 is 0 Å². The van der Waals surface area contributed by atoms with Gasteiger partial charge in [0.1, 0.15) is 11.4 Å². The maximum atomic E-state index is 12.7. The van der Waals surface area contributed by atoms with E-state index in [9.17, 15) is 9.59 Å². The summed E-state index contributed by atoms with van der Waals surface area (Å²) in [6.07, 6.45) is 0. The smallest absolute Gasteiger partial charge is 0.264 e. The van der Waals surface area contributed by atoms with Crippen LogP contribution in [0.5, 0.6) is 0 Å². The first-order valence-corrected chi connectivity index (χ1v) is 8.21. The second kappa shape index (κ2) is 6.65. The number of amides is 1. The largest absolute Gasteiger partial charge is 0.368 e. The highest BCUT2D eigenvalue weighted by atomic mass is 35.5. The Balaban J connectivity index is 1.73. The number of piperazine rings is 1. The van der Waals surface area contributed by atoms with Gasteiger partial charge in [0.2, 0.25) is 0 Å². The molecule has 24 heavy (non-hydrogen) atoms. The quantitative estimate of drug-likeness (QED) is 0.903. The third-order valence-corrected chi connectivity index (χ3v) is 4.41. The van der Waals surface area contributed by atoms with Gasteiger partial charge in [-0.1, -0.05) is 17.7 Å². The lowest BCUT2D eigenvalue weighted by molar-refractivity contribution is 0.0743. The van der Waals surface area contributed by atoms with Gasteiger partial charge in [0.15, 0.2) is 0 Å². The molecular weight excluding hydrogens is 328 g/mol. The van der Waals surface area contributed by atoms with Crippen molar-refractivity contribution >= 4 is 23.2 Å². The van der Waals surface area contributed by atoms with Gasteiger partial charge in [0.25, 0.3) is 11.5 Å². The van der Waals surface area contributed by atoms with Crippen LogP contribution in [-0.2, 0) is 0 Å². The summed E-state index contributed by atoms with van der Waals surface area (Å²) in [7, 11) is 0. The fraction of sp³-hybridized carbons (Fsp3) is 0.353. The van der Waals surface area contributed by atoms with E-state index in [1.54, 1.807) is 18.7 Å². The molecule has 0 radical (unpaired) electrons. The van der Waals surface area contributed by atoms with Crippen molar-refractivity contribution in [2.75, 3.05) is 31.1 Å². The Morgan fingerprint density at radius 3 is 2.54 bits per heavy atom. The molecule has 0 bridgehead atoms. The van der Waals surface area contributed by atoms with E-state index < -0.39 is 0 Å². The van der Waals surface area contributed by atoms with E-state index in [0.717, 1.165) is 5.69 Å². The van der Waals surface area contributed by atoms with Crippen LogP contribution in [0.25, 0.3) is 0 Å². The second-order valence-electron chi connectivity index (χ2n) is 5.87. The Kier molecular flexibility index (Phi) is 4.57. The van der Waals surface area contributed by atoms with Crippen LogP contribution in [0.4, 0.5) is 5.69 Å². The molecule has 126 valence electrons. The normalized spacial score (nSPS) is 14.8. The molecule has 1 aliphatic rings. The number of carbonyl (C=O) groups excluding carboxylic acids is 1. The standard InChI is InChI=1S/C17H19ClN4O2/c1-11-15(16(23)20-12(2)19-11)17(24)22-8-6-21(7-9-22)14-5-3-4-13(18)10-14/h3-5,10H,6-9H2,1-2H3,(H,19,20,23). The van der Waals surface area contributed by atoms with Crippen molar-refractivity contribution in [1.82, 2.24) is 14.9 Å². The van der Waals surface area contributed by atoms with Gasteiger partial charge in [0, 0.05) is 36.9 Å². The number of hydrogen-bond donors (Lipinski definition) is 1. The van der Waals surface area contributed by atoms with Gasteiger partial charge in [-0.15, -0.1) is 0 Å². The minimum Gasteiger partial charge on any atom is -0.368 e. The third kappa shape index (κ3) is 3.28. The van der Waals surface area contributed by atoms with E-state index in [-0.39, 0.29) is 17.0 Å². The fourth-order valence-electron chi connectivity index (χ4n) is 2.98. The minimum absolute atomic E-state index is 0.136. The number of nitrogens with one attached hydrogen (secondary N) is 1. The van der Waals surface area contributed by atoms with Crippen LogP contribution >= 0.6 is 11.6 Å². The molecule has 1 aliphatic heterocycles. The van der Waals surface area contributed by atoms with Crippen LogP contribution in [0.1, 0.15) is 21.9 Å². The number of halogens is 1. The van der Waals surface area contributed by atoms with Crippen LogP contribution in [0.2, 0.25) is 5.02 Å². The van der Waals surface area contributed by atoms with Gasteiger partial charge in [0.05, 0.1) is 5.69 Å². The van der Waals surface area contributed by atoms with Crippen LogP contribution < -0.4 is 10.5 Å². The molecule has 0 aliphatic carbocycles. The molecule has 0 spiro atoms. The lowest BCUT2D eigenvalue weighted by Crippen LogP contribution is -2.50. The molecule has 1 saturated heterocycles. The summed E-state index contributed by atoms with van der Waals surface area (Å²) in [5, 5.41) is 0.693. The SMILES string of the molecule is Cc1nc(C)c(C(=O)N2CCN(c3cccc(Cl)c3)CC2)c(=O)[nH]1. The van der Waals surface area contributed by atoms with Gasteiger partial charge in [-0.3, -0.25) is 9.59 Å². The number of aryl methyl sites for hydroxylation is 2. The number of aromatic nitrogens is 2. The van der Waals surface area contributed by atoms with E-state index in [2.05, 4.69) is 14.9 Å². The molecule has 2 aromatic rings. The summed E-state index contributed by atoms with van der Waals surface area (Å²) in [5.74, 6) is 0.256. The van der Waals surface area contributed by atoms with Crippen molar-refractivity contribution in [2.24, 2.45) is 0 Å². The molecule has 1 aromatic carbocycles. The number of anilines is 1. The molecule has 3 rings (SSSR count). The molecule has 2 heterocycles. The fourth-order valence-corrected chi connectivity index (χ4v) is 3.16. The topological polar surface area (TPSA) is 69.3 Å². The maximum absolute atomic E-state index is 12.7. The Labute approximate surface area is 145 Å². The van der Waals surface area contributed by atoms with Crippen molar-refractivity contribution in [1.29, 1.82) is 0 Å². The predicted molar refractivity (Wildman–Crippen MR) is 93.9 cm³/mol. The third-order valence-electron chi connectivity index (χ3n) is 4.17. The van der Waals surface area contributed by atoms with Crippen LogP contribution in [0.15, 0.2) is 29.1 Å². The summed E-state index contributed by atoms with van der Waals surface area (Å²) in [5.41, 5.74) is 1.28. The van der Waals surface area contributed by atoms with Crippen LogP contribution in [0, 0.1) is 13.8 Å². The molecule has 0 saturated carbocycles. The van der Waals surface area contributed by atoms with Crippen molar-refractivity contribution in [3.8, 4) is 0 Å². The van der Waals surface area contributed by atoms with E-state index in [4.69, 9.17) is 11.6 Å². The number of H-pyrrole nitrogens is 1. The predicted octanol–water partition coefficient (Wildman–Crippen LogP) is 2.00. The molecule has 1 N–H and O–H groups in total. The zero-order valence-corrected chi connectivity index (χ0v) is 14.4.